The maximum Gasteiger partial charge on any atom is 0.242 e. The lowest BCUT2D eigenvalue weighted by atomic mass is 10.1. The predicted octanol–water partition coefficient (Wildman–Crippen LogP) is 3.15. The van der Waals surface area contributed by atoms with Gasteiger partial charge in [-0.15, -0.1) is 0 Å². The molecule has 1 aromatic heterocycles. The van der Waals surface area contributed by atoms with E-state index in [0.29, 0.717) is 10.6 Å². The summed E-state index contributed by atoms with van der Waals surface area (Å²) in [5.74, 6) is -0.407. The van der Waals surface area contributed by atoms with Crippen molar-refractivity contribution in [2.24, 2.45) is 0 Å². The average Bonchev–Trinajstić information content (AvgIpc) is 2.67. The van der Waals surface area contributed by atoms with Gasteiger partial charge in [-0.2, -0.15) is 0 Å². The number of aromatic nitrogens is 1. The monoisotopic (exact) mass is 295 g/mol. The van der Waals surface area contributed by atoms with Gasteiger partial charge in [0.1, 0.15) is 11.9 Å². The van der Waals surface area contributed by atoms with Crippen LogP contribution in [0.4, 0.5) is 9.52 Å². The lowest BCUT2D eigenvalue weighted by Crippen LogP contribution is -2.47. The Bertz CT molecular complexity index is 633. The SMILES string of the molecule is CC(Nc1nc2cc(F)ccc2s1)C(=O)NC(C)(C)C. The Morgan fingerprint density at radius 2 is 2.10 bits per heavy atom. The van der Waals surface area contributed by atoms with E-state index in [1.165, 1.54) is 23.5 Å². The van der Waals surface area contributed by atoms with Gasteiger partial charge in [-0.05, 0) is 39.8 Å². The smallest absolute Gasteiger partial charge is 0.242 e. The fourth-order valence-corrected chi connectivity index (χ4v) is 2.62. The molecular formula is C14H18FN3OS. The van der Waals surface area contributed by atoms with E-state index in [2.05, 4.69) is 15.6 Å². The number of nitrogens with one attached hydrogen (secondary N) is 2. The molecule has 0 bridgehead atoms. The summed E-state index contributed by atoms with van der Waals surface area (Å²) in [4.78, 5) is 16.3. The zero-order chi connectivity index (χ0) is 14.9. The third-order valence-electron chi connectivity index (χ3n) is 2.58. The molecule has 2 aromatic rings. The summed E-state index contributed by atoms with van der Waals surface area (Å²) >= 11 is 1.40. The second-order valence-corrected chi connectivity index (χ2v) is 6.77. The lowest BCUT2D eigenvalue weighted by Gasteiger charge is -2.23. The zero-order valence-electron chi connectivity index (χ0n) is 12.0. The summed E-state index contributed by atoms with van der Waals surface area (Å²) in [5, 5.41) is 6.56. The molecule has 0 aliphatic rings. The Kier molecular flexibility index (Phi) is 3.94. The largest absolute Gasteiger partial charge is 0.350 e. The highest BCUT2D eigenvalue weighted by molar-refractivity contribution is 7.22. The Labute approximate surface area is 121 Å². The van der Waals surface area contributed by atoms with Gasteiger partial charge in [0.2, 0.25) is 5.91 Å². The molecule has 1 amide bonds. The van der Waals surface area contributed by atoms with Crippen LogP contribution in [0.2, 0.25) is 0 Å². The molecule has 1 aromatic carbocycles. The van der Waals surface area contributed by atoms with Crippen LogP contribution in [-0.4, -0.2) is 22.5 Å². The van der Waals surface area contributed by atoms with Crippen LogP contribution in [0.25, 0.3) is 10.2 Å². The van der Waals surface area contributed by atoms with Crippen molar-refractivity contribution in [2.45, 2.75) is 39.3 Å². The molecule has 20 heavy (non-hydrogen) atoms. The summed E-state index contributed by atoms with van der Waals surface area (Å²) in [6, 6.07) is 4.07. The molecule has 1 heterocycles. The van der Waals surface area contributed by atoms with E-state index in [1.54, 1.807) is 13.0 Å². The molecule has 4 nitrogen and oxygen atoms in total. The maximum absolute atomic E-state index is 13.1. The van der Waals surface area contributed by atoms with E-state index in [-0.39, 0.29) is 17.3 Å². The van der Waals surface area contributed by atoms with Gasteiger partial charge in [-0.25, -0.2) is 9.37 Å². The van der Waals surface area contributed by atoms with Crippen molar-refractivity contribution in [3.63, 3.8) is 0 Å². The van der Waals surface area contributed by atoms with Crippen molar-refractivity contribution in [3.05, 3.63) is 24.0 Å². The molecule has 0 radical (unpaired) electrons. The Morgan fingerprint density at radius 1 is 1.40 bits per heavy atom. The third kappa shape index (κ3) is 3.66. The van der Waals surface area contributed by atoms with Crippen molar-refractivity contribution >= 4 is 32.6 Å². The van der Waals surface area contributed by atoms with Crippen LogP contribution in [-0.2, 0) is 4.79 Å². The number of thiazole rings is 1. The van der Waals surface area contributed by atoms with Gasteiger partial charge in [0.15, 0.2) is 5.13 Å². The predicted molar refractivity (Wildman–Crippen MR) is 80.6 cm³/mol. The first-order chi connectivity index (χ1) is 9.24. The summed E-state index contributed by atoms with van der Waals surface area (Å²) in [5.41, 5.74) is 0.324. The summed E-state index contributed by atoms with van der Waals surface area (Å²) in [6.45, 7) is 7.56. The van der Waals surface area contributed by atoms with E-state index in [4.69, 9.17) is 0 Å². The minimum Gasteiger partial charge on any atom is -0.350 e. The van der Waals surface area contributed by atoms with Crippen molar-refractivity contribution in [1.29, 1.82) is 0 Å². The molecule has 0 aliphatic heterocycles. The number of anilines is 1. The number of hydrogen-bond donors (Lipinski definition) is 2. The number of halogens is 1. The number of hydrogen-bond acceptors (Lipinski definition) is 4. The maximum atomic E-state index is 13.1. The van der Waals surface area contributed by atoms with E-state index >= 15 is 0 Å². The van der Waals surface area contributed by atoms with Crippen molar-refractivity contribution in [2.75, 3.05) is 5.32 Å². The number of rotatable bonds is 3. The molecule has 1 atom stereocenters. The number of nitrogens with zero attached hydrogens (tertiary/aromatic N) is 1. The quantitative estimate of drug-likeness (QED) is 0.914. The second-order valence-electron chi connectivity index (χ2n) is 5.74. The van der Waals surface area contributed by atoms with E-state index in [1.807, 2.05) is 20.8 Å². The number of carbonyl (C=O) groups excluding carboxylic acids is 1. The summed E-state index contributed by atoms with van der Waals surface area (Å²) in [6.07, 6.45) is 0. The first-order valence-electron chi connectivity index (χ1n) is 6.39. The zero-order valence-corrected chi connectivity index (χ0v) is 12.8. The molecule has 108 valence electrons. The molecule has 2 rings (SSSR count). The molecule has 0 fully saturated rings. The van der Waals surface area contributed by atoms with Gasteiger partial charge in [-0.1, -0.05) is 11.3 Å². The van der Waals surface area contributed by atoms with Crippen LogP contribution in [0.1, 0.15) is 27.7 Å². The lowest BCUT2D eigenvalue weighted by molar-refractivity contribution is -0.122. The summed E-state index contributed by atoms with van der Waals surface area (Å²) in [7, 11) is 0. The van der Waals surface area contributed by atoms with Crippen LogP contribution in [0.15, 0.2) is 18.2 Å². The van der Waals surface area contributed by atoms with E-state index in [9.17, 15) is 9.18 Å². The third-order valence-corrected chi connectivity index (χ3v) is 3.55. The minimum absolute atomic E-state index is 0.0945. The number of fused-ring (bicyclic) bond motifs is 1. The molecule has 0 saturated carbocycles. The first kappa shape index (κ1) is 14.7. The minimum atomic E-state index is -0.403. The van der Waals surface area contributed by atoms with Gasteiger partial charge in [0.05, 0.1) is 10.2 Å². The van der Waals surface area contributed by atoms with Gasteiger partial charge in [0.25, 0.3) is 0 Å². The second kappa shape index (κ2) is 5.36. The highest BCUT2D eigenvalue weighted by atomic mass is 32.1. The Hall–Kier alpha value is -1.69. The average molecular weight is 295 g/mol. The van der Waals surface area contributed by atoms with Crippen LogP contribution in [0, 0.1) is 5.82 Å². The normalized spacial score (nSPS) is 13.2. The van der Waals surface area contributed by atoms with Crippen molar-refractivity contribution < 1.29 is 9.18 Å². The summed E-state index contributed by atoms with van der Waals surface area (Å²) < 4.78 is 14.0. The molecule has 2 N–H and O–H groups in total. The molecule has 6 heteroatoms. The van der Waals surface area contributed by atoms with E-state index in [0.717, 1.165) is 4.70 Å². The standard InChI is InChI=1S/C14H18FN3OS/c1-8(12(19)18-14(2,3)4)16-13-17-10-7-9(15)5-6-11(10)20-13/h5-8H,1-4H3,(H,16,17)(H,18,19). The number of carbonyl (C=O) groups is 1. The van der Waals surface area contributed by atoms with Gasteiger partial charge in [-0.3, -0.25) is 4.79 Å². The first-order valence-corrected chi connectivity index (χ1v) is 7.21. The van der Waals surface area contributed by atoms with Crippen LogP contribution in [0.3, 0.4) is 0 Å². The van der Waals surface area contributed by atoms with Crippen molar-refractivity contribution in [1.82, 2.24) is 10.3 Å². The molecule has 0 spiro atoms. The molecular weight excluding hydrogens is 277 g/mol. The Morgan fingerprint density at radius 3 is 2.75 bits per heavy atom. The fraction of sp³-hybridized carbons (Fsp3) is 0.429. The van der Waals surface area contributed by atoms with Gasteiger partial charge in [0, 0.05) is 11.6 Å². The van der Waals surface area contributed by atoms with Crippen molar-refractivity contribution in [3.8, 4) is 0 Å². The van der Waals surface area contributed by atoms with Crippen LogP contribution < -0.4 is 10.6 Å². The molecule has 0 aliphatic carbocycles. The van der Waals surface area contributed by atoms with Gasteiger partial charge < -0.3 is 10.6 Å². The van der Waals surface area contributed by atoms with E-state index < -0.39 is 6.04 Å². The highest BCUT2D eigenvalue weighted by Gasteiger charge is 2.20. The topological polar surface area (TPSA) is 54.0 Å². The Balaban J connectivity index is 2.09. The number of amides is 1. The van der Waals surface area contributed by atoms with Crippen LogP contribution >= 0.6 is 11.3 Å². The fourth-order valence-electron chi connectivity index (χ4n) is 1.69. The molecule has 1 unspecified atom stereocenters. The highest BCUT2D eigenvalue weighted by Crippen LogP contribution is 2.26. The van der Waals surface area contributed by atoms with Gasteiger partial charge >= 0.3 is 0 Å². The van der Waals surface area contributed by atoms with Crippen LogP contribution in [0.5, 0.6) is 0 Å². The number of benzene rings is 1. The molecule has 0 saturated heterocycles.